The molecule has 1 aromatic rings. The first-order valence-electron chi connectivity index (χ1n) is 7.91. The molecule has 0 saturated heterocycles. The normalized spacial score (nSPS) is 21.2. The highest BCUT2D eigenvalue weighted by Crippen LogP contribution is 2.24. The van der Waals surface area contributed by atoms with Gasteiger partial charge >= 0.3 is 5.97 Å². The molecule has 1 fully saturated rings. The molecule has 0 unspecified atom stereocenters. The van der Waals surface area contributed by atoms with Crippen LogP contribution >= 0.6 is 11.8 Å². The molecule has 0 spiro atoms. The quantitative estimate of drug-likeness (QED) is 0.486. The van der Waals surface area contributed by atoms with E-state index in [1.54, 1.807) is 14.0 Å². The van der Waals surface area contributed by atoms with Crippen LogP contribution in [0.1, 0.15) is 43.4 Å². The van der Waals surface area contributed by atoms with Gasteiger partial charge in [0, 0.05) is 24.8 Å². The lowest BCUT2D eigenvalue weighted by Crippen LogP contribution is -2.35. The fourth-order valence-corrected chi connectivity index (χ4v) is 3.32. The summed E-state index contributed by atoms with van der Waals surface area (Å²) in [5, 5.41) is 0.587. The molecule has 6 nitrogen and oxygen atoms in total. The van der Waals surface area contributed by atoms with Crippen LogP contribution in [0.3, 0.4) is 0 Å². The molecule has 128 valence electrons. The third-order valence-corrected chi connectivity index (χ3v) is 4.78. The summed E-state index contributed by atoms with van der Waals surface area (Å²) in [6.45, 7) is 1.79. The Morgan fingerprint density at radius 1 is 1.35 bits per heavy atom. The number of aryl methyl sites for hydroxylation is 1. The van der Waals surface area contributed by atoms with E-state index in [9.17, 15) is 9.59 Å². The van der Waals surface area contributed by atoms with E-state index in [4.69, 9.17) is 9.47 Å². The molecule has 7 heteroatoms. The van der Waals surface area contributed by atoms with Crippen LogP contribution in [0.5, 0.6) is 0 Å². The maximum absolute atomic E-state index is 12.1. The standard InChI is InChI=1S/C16H24N2O4S/c1-10-11(15(20)18-16(17-10)23-3)8-9-14(19)22-13-7-5-4-6-12(13)21-2/h12-13H,4-9H2,1-3H3,(H,17,18,20)/t12-,13-/m1/s1. The Kier molecular flexibility index (Phi) is 6.65. The molecule has 2 rings (SSSR count). The van der Waals surface area contributed by atoms with E-state index in [0.29, 0.717) is 22.8 Å². The molecule has 2 atom stereocenters. The van der Waals surface area contributed by atoms with Gasteiger partial charge in [-0.1, -0.05) is 18.2 Å². The van der Waals surface area contributed by atoms with Crippen LogP contribution in [0.15, 0.2) is 9.95 Å². The SMILES string of the molecule is CO[C@@H]1CCCC[C@H]1OC(=O)CCc1c(C)nc(SC)[nH]c1=O. The molecule has 23 heavy (non-hydrogen) atoms. The van der Waals surface area contributed by atoms with Crippen molar-refractivity contribution in [3.8, 4) is 0 Å². The summed E-state index contributed by atoms with van der Waals surface area (Å²) in [7, 11) is 1.65. The van der Waals surface area contributed by atoms with Gasteiger partial charge in [-0.05, 0) is 38.9 Å². The molecule has 0 amide bonds. The van der Waals surface area contributed by atoms with Crippen LogP contribution in [0, 0.1) is 6.92 Å². The highest BCUT2D eigenvalue weighted by molar-refractivity contribution is 7.98. The van der Waals surface area contributed by atoms with Gasteiger partial charge in [0.1, 0.15) is 6.10 Å². The Balaban J connectivity index is 1.93. The number of ether oxygens (including phenoxy) is 2. The zero-order chi connectivity index (χ0) is 16.8. The largest absolute Gasteiger partial charge is 0.460 e. The van der Waals surface area contributed by atoms with Gasteiger partial charge in [0.25, 0.3) is 5.56 Å². The first kappa shape index (κ1) is 18.0. The fourth-order valence-electron chi connectivity index (χ4n) is 2.90. The van der Waals surface area contributed by atoms with E-state index in [2.05, 4.69) is 9.97 Å². The molecule has 1 saturated carbocycles. The molecule has 0 bridgehead atoms. The lowest BCUT2D eigenvalue weighted by molar-refractivity contribution is -0.159. The lowest BCUT2D eigenvalue weighted by Gasteiger charge is -2.29. The molecule has 1 heterocycles. The number of methoxy groups -OCH3 is 1. The Labute approximate surface area is 140 Å². The number of H-pyrrole nitrogens is 1. The number of hydrogen-bond acceptors (Lipinski definition) is 6. The predicted octanol–water partition coefficient (Wildman–Crippen LogP) is 2.23. The molecule has 1 N–H and O–H groups in total. The summed E-state index contributed by atoms with van der Waals surface area (Å²) in [4.78, 5) is 31.1. The number of aromatic nitrogens is 2. The van der Waals surface area contributed by atoms with Crippen LogP contribution in [0.4, 0.5) is 0 Å². The Morgan fingerprint density at radius 2 is 2.04 bits per heavy atom. The maximum atomic E-state index is 12.1. The van der Waals surface area contributed by atoms with Gasteiger partial charge in [-0.15, -0.1) is 0 Å². The summed E-state index contributed by atoms with van der Waals surface area (Å²) in [5.41, 5.74) is 1.03. The van der Waals surface area contributed by atoms with Crippen molar-refractivity contribution in [3.05, 3.63) is 21.6 Å². The second-order valence-corrected chi connectivity index (χ2v) is 6.52. The number of carbonyl (C=O) groups excluding carboxylic acids is 1. The van der Waals surface area contributed by atoms with Gasteiger partial charge in [-0.25, -0.2) is 4.98 Å². The van der Waals surface area contributed by atoms with Crippen molar-refractivity contribution in [2.45, 2.75) is 62.8 Å². The Hall–Kier alpha value is -1.34. The number of nitrogens with zero attached hydrogens (tertiary/aromatic N) is 1. The molecule has 0 aromatic carbocycles. The third-order valence-electron chi connectivity index (χ3n) is 4.20. The van der Waals surface area contributed by atoms with Crippen molar-refractivity contribution < 1.29 is 14.3 Å². The van der Waals surface area contributed by atoms with E-state index in [1.165, 1.54) is 11.8 Å². The lowest BCUT2D eigenvalue weighted by atomic mass is 9.94. The summed E-state index contributed by atoms with van der Waals surface area (Å²) < 4.78 is 10.9. The molecular formula is C16H24N2O4S. The van der Waals surface area contributed by atoms with Crippen molar-refractivity contribution >= 4 is 17.7 Å². The minimum Gasteiger partial charge on any atom is -0.460 e. The van der Waals surface area contributed by atoms with Crippen LogP contribution in [0.25, 0.3) is 0 Å². The zero-order valence-corrected chi connectivity index (χ0v) is 14.7. The van der Waals surface area contributed by atoms with Crippen molar-refractivity contribution in [2.24, 2.45) is 0 Å². The summed E-state index contributed by atoms with van der Waals surface area (Å²) in [6.07, 6.45) is 6.11. The predicted molar refractivity (Wildman–Crippen MR) is 88.8 cm³/mol. The average Bonchev–Trinajstić information content (AvgIpc) is 2.54. The van der Waals surface area contributed by atoms with Gasteiger partial charge in [-0.2, -0.15) is 0 Å². The van der Waals surface area contributed by atoms with Crippen molar-refractivity contribution in [3.63, 3.8) is 0 Å². The van der Waals surface area contributed by atoms with Crippen molar-refractivity contribution in [1.82, 2.24) is 9.97 Å². The highest BCUT2D eigenvalue weighted by Gasteiger charge is 2.28. The van der Waals surface area contributed by atoms with Crippen LogP contribution in [-0.2, 0) is 20.7 Å². The smallest absolute Gasteiger partial charge is 0.306 e. The molecule has 1 aliphatic carbocycles. The van der Waals surface area contributed by atoms with Gasteiger partial charge in [0.05, 0.1) is 6.10 Å². The van der Waals surface area contributed by atoms with Crippen LogP contribution < -0.4 is 5.56 Å². The van der Waals surface area contributed by atoms with Crippen molar-refractivity contribution in [2.75, 3.05) is 13.4 Å². The number of rotatable bonds is 6. The van der Waals surface area contributed by atoms with E-state index >= 15 is 0 Å². The summed E-state index contributed by atoms with van der Waals surface area (Å²) in [5.74, 6) is -0.285. The summed E-state index contributed by atoms with van der Waals surface area (Å²) in [6, 6.07) is 0. The van der Waals surface area contributed by atoms with E-state index in [1.807, 2.05) is 6.26 Å². The molecule has 1 aromatic heterocycles. The molecular weight excluding hydrogens is 316 g/mol. The van der Waals surface area contributed by atoms with Gasteiger partial charge in [0.2, 0.25) is 0 Å². The minimum absolute atomic E-state index is 0.0135. The highest BCUT2D eigenvalue weighted by atomic mass is 32.2. The Bertz CT molecular complexity index is 602. The first-order chi connectivity index (χ1) is 11.0. The number of aromatic amines is 1. The average molecular weight is 340 g/mol. The number of nitrogens with one attached hydrogen (secondary N) is 1. The molecule has 0 radical (unpaired) electrons. The van der Waals surface area contributed by atoms with Crippen LogP contribution in [0.2, 0.25) is 0 Å². The number of esters is 1. The van der Waals surface area contributed by atoms with E-state index < -0.39 is 0 Å². The molecule has 0 aliphatic heterocycles. The summed E-state index contributed by atoms with van der Waals surface area (Å²) >= 11 is 1.38. The van der Waals surface area contributed by atoms with Gasteiger partial charge < -0.3 is 14.5 Å². The second kappa shape index (κ2) is 8.49. The zero-order valence-electron chi connectivity index (χ0n) is 13.9. The topological polar surface area (TPSA) is 81.3 Å². The minimum atomic E-state index is -0.285. The first-order valence-corrected chi connectivity index (χ1v) is 9.13. The van der Waals surface area contributed by atoms with Gasteiger partial charge in [0.15, 0.2) is 5.16 Å². The van der Waals surface area contributed by atoms with E-state index in [-0.39, 0.29) is 30.2 Å². The number of carbonyl (C=O) groups is 1. The van der Waals surface area contributed by atoms with E-state index in [0.717, 1.165) is 25.7 Å². The van der Waals surface area contributed by atoms with Crippen LogP contribution in [-0.4, -0.2) is 41.5 Å². The number of hydrogen-bond donors (Lipinski definition) is 1. The monoisotopic (exact) mass is 340 g/mol. The third kappa shape index (κ3) is 4.81. The Morgan fingerprint density at radius 3 is 2.65 bits per heavy atom. The second-order valence-electron chi connectivity index (χ2n) is 5.73. The van der Waals surface area contributed by atoms with Gasteiger partial charge in [-0.3, -0.25) is 9.59 Å². The maximum Gasteiger partial charge on any atom is 0.306 e. The number of thioether (sulfide) groups is 1. The van der Waals surface area contributed by atoms with Crippen molar-refractivity contribution in [1.29, 1.82) is 0 Å². The molecule has 1 aliphatic rings. The fraction of sp³-hybridized carbons (Fsp3) is 0.688.